The van der Waals surface area contributed by atoms with E-state index in [1.165, 1.54) is 6.92 Å². The van der Waals surface area contributed by atoms with Gasteiger partial charge in [0.2, 0.25) is 0 Å². The van der Waals surface area contributed by atoms with E-state index in [0.29, 0.717) is 28.2 Å². The first kappa shape index (κ1) is 22.3. The van der Waals surface area contributed by atoms with Crippen LogP contribution in [0.5, 0.6) is 11.5 Å². The van der Waals surface area contributed by atoms with Gasteiger partial charge in [-0.1, -0.05) is 54.6 Å². The van der Waals surface area contributed by atoms with Crippen LogP contribution in [0.1, 0.15) is 44.7 Å². The molecule has 0 saturated carbocycles. The number of ether oxygens (including phenoxy) is 2. The molecule has 0 amide bonds. The van der Waals surface area contributed by atoms with Gasteiger partial charge in [-0.25, -0.2) is 0 Å². The van der Waals surface area contributed by atoms with Gasteiger partial charge in [0.1, 0.15) is 16.9 Å². The van der Waals surface area contributed by atoms with Crippen LogP contribution in [0.3, 0.4) is 0 Å². The second kappa shape index (κ2) is 7.92. The van der Waals surface area contributed by atoms with E-state index in [-0.39, 0.29) is 17.3 Å². The van der Waals surface area contributed by atoms with Gasteiger partial charge < -0.3 is 14.4 Å². The number of hydrogen-bond donors (Lipinski definition) is 0. The third kappa shape index (κ3) is 2.70. The van der Waals surface area contributed by atoms with E-state index in [2.05, 4.69) is 0 Å². The molecule has 0 radical (unpaired) electrons. The van der Waals surface area contributed by atoms with Crippen LogP contribution in [0.15, 0.2) is 72.8 Å². The minimum atomic E-state index is -1.54. The van der Waals surface area contributed by atoms with Crippen LogP contribution in [-0.4, -0.2) is 43.7 Å². The lowest BCUT2D eigenvalue weighted by molar-refractivity contribution is -0.118. The minimum absolute atomic E-state index is 0.131. The number of nitrogens with zero attached hydrogens (tertiary/aromatic N) is 1. The molecule has 0 bridgehead atoms. The SMILES string of the molecule is COc1ccc(OC)c([C@H]2[C@@H](C(C)=O)N3c4ccccc4C=C[C@H]3C23C(=O)c2ccccc2C3=O)c1. The number of carbonyl (C=O) groups is 3. The Kier molecular flexibility index (Phi) is 4.90. The van der Waals surface area contributed by atoms with Crippen LogP contribution in [0.4, 0.5) is 5.69 Å². The summed E-state index contributed by atoms with van der Waals surface area (Å²) < 4.78 is 11.2. The zero-order valence-electron chi connectivity index (χ0n) is 20.2. The molecule has 0 N–H and O–H groups in total. The predicted molar refractivity (Wildman–Crippen MR) is 136 cm³/mol. The topological polar surface area (TPSA) is 72.9 Å². The lowest BCUT2D eigenvalue weighted by Crippen LogP contribution is -2.48. The van der Waals surface area contributed by atoms with E-state index >= 15 is 0 Å². The van der Waals surface area contributed by atoms with E-state index in [9.17, 15) is 14.4 Å². The summed E-state index contributed by atoms with van der Waals surface area (Å²) in [7, 11) is 3.10. The highest BCUT2D eigenvalue weighted by atomic mass is 16.5. The number of anilines is 1. The Hall–Kier alpha value is -4.19. The van der Waals surface area contributed by atoms with Gasteiger partial charge in [0.25, 0.3) is 0 Å². The van der Waals surface area contributed by atoms with Crippen LogP contribution in [-0.2, 0) is 4.79 Å². The quantitative estimate of drug-likeness (QED) is 0.504. The summed E-state index contributed by atoms with van der Waals surface area (Å²) in [5.74, 6) is -0.400. The Morgan fingerprint density at radius 1 is 0.889 bits per heavy atom. The second-order valence-electron chi connectivity index (χ2n) is 9.48. The summed E-state index contributed by atoms with van der Waals surface area (Å²) in [6.45, 7) is 1.53. The number of rotatable bonds is 4. The Balaban J connectivity index is 1.71. The molecule has 1 spiro atoms. The Labute approximate surface area is 209 Å². The number of hydrogen-bond acceptors (Lipinski definition) is 6. The van der Waals surface area contributed by atoms with Crippen molar-refractivity contribution in [1.29, 1.82) is 0 Å². The van der Waals surface area contributed by atoms with Crippen molar-refractivity contribution in [3.63, 3.8) is 0 Å². The molecule has 1 fully saturated rings. The molecule has 6 heteroatoms. The predicted octanol–water partition coefficient (Wildman–Crippen LogP) is 4.73. The summed E-state index contributed by atoms with van der Waals surface area (Å²) >= 11 is 0. The fourth-order valence-electron chi connectivity index (χ4n) is 6.50. The summed E-state index contributed by atoms with van der Waals surface area (Å²) in [6, 6.07) is 18.6. The van der Waals surface area contributed by atoms with E-state index in [0.717, 1.165) is 11.3 Å². The molecule has 6 nitrogen and oxygen atoms in total. The largest absolute Gasteiger partial charge is 0.497 e. The first-order valence-electron chi connectivity index (χ1n) is 11.9. The van der Waals surface area contributed by atoms with E-state index < -0.39 is 23.4 Å². The Morgan fingerprint density at radius 3 is 2.19 bits per heavy atom. The summed E-state index contributed by atoms with van der Waals surface area (Å²) in [5, 5.41) is 0. The van der Waals surface area contributed by atoms with Crippen molar-refractivity contribution >= 4 is 29.1 Å². The molecule has 0 aromatic heterocycles. The van der Waals surface area contributed by atoms with Crippen molar-refractivity contribution in [1.82, 2.24) is 0 Å². The summed E-state index contributed by atoms with van der Waals surface area (Å²) in [5.41, 5.74) is 1.61. The van der Waals surface area contributed by atoms with E-state index in [4.69, 9.17) is 9.47 Å². The molecular weight excluding hydrogens is 454 g/mol. The number of ketones is 3. The molecule has 180 valence electrons. The molecule has 6 rings (SSSR count). The zero-order valence-corrected chi connectivity index (χ0v) is 20.2. The third-order valence-corrected chi connectivity index (χ3v) is 7.90. The smallest absolute Gasteiger partial charge is 0.180 e. The average Bonchev–Trinajstić information content (AvgIpc) is 3.35. The number of para-hydroxylation sites is 1. The second-order valence-corrected chi connectivity index (χ2v) is 9.48. The van der Waals surface area contributed by atoms with Crippen molar-refractivity contribution in [2.24, 2.45) is 5.41 Å². The number of methoxy groups -OCH3 is 2. The van der Waals surface area contributed by atoms with Crippen molar-refractivity contribution in [2.75, 3.05) is 19.1 Å². The average molecular weight is 480 g/mol. The zero-order chi connectivity index (χ0) is 25.2. The maximum atomic E-state index is 14.4. The van der Waals surface area contributed by atoms with Crippen LogP contribution in [0.25, 0.3) is 6.08 Å². The molecule has 3 aromatic rings. The van der Waals surface area contributed by atoms with Gasteiger partial charge in [0.15, 0.2) is 17.3 Å². The first-order valence-corrected chi connectivity index (χ1v) is 11.9. The van der Waals surface area contributed by atoms with Gasteiger partial charge in [-0.3, -0.25) is 14.4 Å². The van der Waals surface area contributed by atoms with E-state index in [1.54, 1.807) is 56.7 Å². The van der Waals surface area contributed by atoms with E-state index in [1.807, 2.05) is 41.3 Å². The molecule has 2 aliphatic heterocycles. The maximum Gasteiger partial charge on any atom is 0.180 e. The molecule has 1 aliphatic carbocycles. The Morgan fingerprint density at radius 2 is 1.56 bits per heavy atom. The molecule has 3 aliphatic rings. The molecule has 0 unspecified atom stereocenters. The fraction of sp³-hybridized carbons (Fsp3) is 0.233. The summed E-state index contributed by atoms with van der Waals surface area (Å²) in [4.78, 5) is 44.4. The summed E-state index contributed by atoms with van der Waals surface area (Å²) in [6.07, 6.45) is 3.86. The third-order valence-electron chi connectivity index (χ3n) is 7.90. The standard InChI is InChI=1S/C30H25NO5/c1-17(32)27-26(22-16-19(35-2)13-14-24(22)36-3)30(28(33)20-9-5-6-10-21(20)29(30)34)25-15-12-18-8-4-7-11-23(18)31(25)27/h4-16,25-27H,1-3H3/t25-,26-,27+/m0/s1. The van der Waals surface area contributed by atoms with Crippen LogP contribution in [0.2, 0.25) is 0 Å². The van der Waals surface area contributed by atoms with Crippen molar-refractivity contribution < 1.29 is 23.9 Å². The molecule has 1 saturated heterocycles. The highest BCUT2D eigenvalue weighted by Gasteiger charge is 2.71. The minimum Gasteiger partial charge on any atom is -0.497 e. The highest BCUT2D eigenvalue weighted by molar-refractivity contribution is 6.32. The van der Waals surface area contributed by atoms with Gasteiger partial charge in [0, 0.05) is 28.3 Å². The molecule has 3 aromatic carbocycles. The Bertz CT molecular complexity index is 1440. The molecule has 36 heavy (non-hydrogen) atoms. The van der Waals surface area contributed by atoms with Crippen LogP contribution in [0, 0.1) is 5.41 Å². The van der Waals surface area contributed by atoms with Gasteiger partial charge in [0.05, 0.1) is 26.3 Å². The van der Waals surface area contributed by atoms with Crippen molar-refractivity contribution in [3.05, 3.63) is 95.1 Å². The van der Waals surface area contributed by atoms with Crippen molar-refractivity contribution in [3.8, 4) is 11.5 Å². The van der Waals surface area contributed by atoms with Gasteiger partial charge in [-0.05, 0) is 36.8 Å². The fourth-order valence-corrected chi connectivity index (χ4v) is 6.50. The first-order chi connectivity index (χ1) is 17.4. The lowest BCUT2D eigenvalue weighted by atomic mass is 9.64. The monoisotopic (exact) mass is 479 g/mol. The molecule has 3 atom stereocenters. The number of carbonyl (C=O) groups excluding carboxylic acids is 3. The normalized spacial score (nSPS) is 22.9. The maximum absolute atomic E-state index is 14.4. The highest BCUT2D eigenvalue weighted by Crippen LogP contribution is 2.61. The number of benzene rings is 3. The van der Waals surface area contributed by atoms with Gasteiger partial charge in [-0.15, -0.1) is 0 Å². The number of fused-ring (bicyclic) bond motifs is 5. The van der Waals surface area contributed by atoms with Crippen molar-refractivity contribution in [2.45, 2.75) is 24.9 Å². The lowest BCUT2D eigenvalue weighted by Gasteiger charge is -2.37. The molecule has 2 heterocycles. The van der Waals surface area contributed by atoms with Crippen LogP contribution >= 0.6 is 0 Å². The molecular formula is C30H25NO5. The van der Waals surface area contributed by atoms with Gasteiger partial charge >= 0.3 is 0 Å². The van der Waals surface area contributed by atoms with Gasteiger partial charge in [-0.2, -0.15) is 0 Å². The number of Topliss-reactive ketones (excluding diaryl/α,β-unsaturated/α-hetero) is 3. The van der Waals surface area contributed by atoms with Crippen LogP contribution < -0.4 is 14.4 Å².